The lowest BCUT2D eigenvalue weighted by Gasteiger charge is -2.35. The van der Waals surface area contributed by atoms with E-state index in [4.69, 9.17) is 38.0 Å². The number of hydrogen-bond donors (Lipinski definition) is 0. The van der Waals surface area contributed by atoms with E-state index in [2.05, 4.69) is 31.5 Å². The number of aromatic nitrogens is 4. The van der Waals surface area contributed by atoms with Crippen molar-refractivity contribution in [3.63, 3.8) is 0 Å². The minimum atomic E-state index is -0.128. The van der Waals surface area contributed by atoms with Crippen LogP contribution in [0.15, 0.2) is 61.1 Å². The molecule has 2 aromatic carbocycles. The second-order valence-electron chi connectivity index (χ2n) is 9.15. The maximum atomic E-state index is 6.57. The van der Waals surface area contributed by atoms with Crippen LogP contribution in [-0.4, -0.2) is 31.5 Å². The molecule has 7 heteroatoms. The summed E-state index contributed by atoms with van der Waals surface area (Å²) in [5.41, 5.74) is 5.40. The van der Waals surface area contributed by atoms with E-state index < -0.39 is 0 Å². The molecule has 1 aliphatic rings. The van der Waals surface area contributed by atoms with E-state index in [1.807, 2.05) is 59.5 Å². The van der Waals surface area contributed by atoms with Crippen LogP contribution in [0.1, 0.15) is 38.3 Å². The van der Waals surface area contributed by atoms with Gasteiger partial charge in [-0.05, 0) is 57.9 Å². The number of nitrogens with zero attached hydrogens (tertiary/aromatic N) is 4. The van der Waals surface area contributed by atoms with Gasteiger partial charge in [-0.15, -0.1) is 0 Å². The van der Waals surface area contributed by atoms with Gasteiger partial charge < -0.3 is 9.30 Å². The average Bonchev–Trinajstić information content (AvgIpc) is 3.39. The molecule has 2 aromatic heterocycles. The zero-order valence-corrected chi connectivity index (χ0v) is 20.4. The molecular formula is C26H26Cl2N4O. The maximum Gasteiger partial charge on any atom is 0.116 e. The van der Waals surface area contributed by atoms with Gasteiger partial charge in [0.15, 0.2) is 0 Å². The van der Waals surface area contributed by atoms with Crippen LogP contribution in [0.5, 0.6) is 0 Å². The molecule has 1 fully saturated rings. The molecule has 5 rings (SSSR count). The molecule has 0 amide bonds. The molecule has 0 N–H and O–H groups in total. The fourth-order valence-corrected chi connectivity index (χ4v) is 4.94. The summed E-state index contributed by atoms with van der Waals surface area (Å²) >= 11 is 12.7. The zero-order valence-electron chi connectivity index (χ0n) is 18.9. The first kappa shape index (κ1) is 22.2. The highest BCUT2D eigenvalue weighted by atomic mass is 35.5. The first-order chi connectivity index (χ1) is 15.8. The molecule has 1 unspecified atom stereocenters. The molecule has 0 saturated carbocycles. The molecule has 33 heavy (non-hydrogen) atoms. The first-order valence-corrected chi connectivity index (χ1v) is 11.9. The van der Waals surface area contributed by atoms with Crippen molar-refractivity contribution in [2.75, 3.05) is 6.61 Å². The lowest BCUT2D eigenvalue weighted by atomic mass is 9.94. The Kier molecular flexibility index (Phi) is 5.81. The number of para-hydroxylation sites is 1. The Labute approximate surface area is 203 Å². The number of hydrogen-bond acceptors (Lipinski definition) is 3. The lowest BCUT2D eigenvalue weighted by molar-refractivity contribution is -0.0691. The van der Waals surface area contributed by atoms with Crippen LogP contribution in [0.25, 0.3) is 28.3 Å². The number of imidazole rings is 1. The highest BCUT2D eigenvalue weighted by Gasteiger charge is 2.30. The van der Waals surface area contributed by atoms with Gasteiger partial charge in [-0.3, -0.25) is 0 Å². The fraction of sp³-hybridized carbons (Fsp3) is 0.308. The third-order valence-corrected chi connectivity index (χ3v) is 6.83. The van der Waals surface area contributed by atoms with Gasteiger partial charge in [0.05, 0.1) is 28.3 Å². The molecule has 0 aliphatic carbocycles. The first-order valence-electron chi connectivity index (χ1n) is 11.1. The second-order valence-corrected chi connectivity index (χ2v) is 10.00. The largest absolute Gasteiger partial charge is 0.375 e. The summed E-state index contributed by atoms with van der Waals surface area (Å²) in [5.74, 6) is 0. The van der Waals surface area contributed by atoms with E-state index in [9.17, 15) is 0 Å². The molecule has 170 valence electrons. The summed E-state index contributed by atoms with van der Waals surface area (Å²) in [6, 6.07) is 15.9. The third-order valence-electron chi connectivity index (χ3n) is 6.26. The molecule has 0 spiro atoms. The molecule has 1 aliphatic heterocycles. The molecule has 5 nitrogen and oxygen atoms in total. The van der Waals surface area contributed by atoms with E-state index in [0.29, 0.717) is 16.1 Å². The Morgan fingerprint density at radius 2 is 1.82 bits per heavy atom. The standard InChI is InChI=1S/C26H26Cl2N4O/c1-17-24(22-15-31(16-29-22)20-12-13-33-26(2,3)14-20)30-32(23-7-5-4-6-21(23)28)25(17)18-8-10-19(27)11-9-18/h4-11,15-16,20H,12-14H2,1-3H3. The van der Waals surface area contributed by atoms with Crippen LogP contribution in [0.3, 0.4) is 0 Å². The van der Waals surface area contributed by atoms with Gasteiger partial charge >= 0.3 is 0 Å². The molecule has 4 aromatic rings. The molecular weight excluding hydrogens is 455 g/mol. The van der Waals surface area contributed by atoms with E-state index in [1.54, 1.807) is 0 Å². The monoisotopic (exact) mass is 480 g/mol. The SMILES string of the molecule is Cc1c(-c2cn(C3CCOC(C)(C)C3)cn2)nn(-c2ccccc2Cl)c1-c1ccc(Cl)cc1. The molecule has 0 radical (unpaired) electrons. The predicted octanol–water partition coefficient (Wildman–Crippen LogP) is 7.15. The van der Waals surface area contributed by atoms with Crippen molar-refractivity contribution in [3.8, 4) is 28.3 Å². The van der Waals surface area contributed by atoms with Gasteiger partial charge in [-0.1, -0.05) is 47.5 Å². The summed E-state index contributed by atoms with van der Waals surface area (Å²) in [7, 11) is 0. The van der Waals surface area contributed by atoms with Crippen molar-refractivity contribution in [1.29, 1.82) is 0 Å². The Morgan fingerprint density at radius 1 is 1.06 bits per heavy atom. The van der Waals surface area contributed by atoms with Gasteiger partial charge in [-0.2, -0.15) is 5.10 Å². The summed E-state index contributed by atoms with van der Waals surface area (Å²) in [6.07, 6.45) is 5.94. The average molecular weight is 481 g/mol. The summed E-state index contributed by atoms with van der Waals surface area (Å²) < 4.78 is 10.0. The normalized spacial score (nSPS) is 17.9. The van der Waals surface area contributed by atoms with Crippen LogP contribution >= 0.6 is 23.2 Å². The highest BCUT2D eigenvalue weighted by Crippen LogP contribution is 2.37. The molecule has 1 saturated heterocycles. The zero-order chi connectivity index (χ0) is 23.2. The van der Waals surface area contributed by atoms with Crippen LogP contribution in [0, 0.1) is 6.92 Å². The second kappa shape index (κ2) is 8.64. The number of benzene rings is 2. The number of rotatable bonds is 4. The molecule has 1 atom stereocenters. The highest BCUT2D eigenvalue weighted by molar-refractivity contribution is 6.32. The van der Waals surface area contributed by atoms with E-state index in [1.165, 1.54) is 0 Å². The van der Waals surface area contributed by atoms with Crippen LogP contribution in [-0.2, 0) is 4.74 Å². The topological polar surface area (TPSA) is 44.9 Å². The van der Waals surface area contributed by atoms with Crippen molar-refractivity contribution in [2.45, 2.75) is 45.3 Å². The fourth-order valence-electron chi connectivity index (χ4n) is 4.60. The van der Waals surface area contributed by atoms with Crippen molar-refractivity contribution >= 4 is 23.2 Å². The Hall–Kier alpha value is -2.60. The van der Waals surface area contributed by atoms with E-state index in [-0.39, 0.29) is 5.60 Å². The Morgan fingerprint density at radius 3 is 2.55 bits per heavy atom. The predicted molar refractivity (Wildman–Crippen MR) is 133 cm³/mol. The van der Waals surface area contributed by atoms with Crippen LogP contribution in [0.4, 0.5) is 0 Å². The van der Waals surface area contributed by atoms with E-state index >= 15 is 0 Å². The summed E-state index contributed by atoms with van der Waals surface area (Å²) in [6.45, 7) is 7.12. The smallest absolute Gasteiger partial charge is 0.116 e. The van der Waals surface area contributed by atoms with Crippen LogP contribution < -0.4 is 0 Å². The van der Waals surface area contributed by atoms with Crippen LogP contribution in [0.2, 0.25) is 10.0 Å². The van der Waals surface area contributed by atoms with Crippen molar-refractivity contribution < 1.29 is 4.74 Å². The maximum absolute atomic E-state index is 6.57. The molecule has 3 heterocycles. The summed E-state index contributed by atoms with van der Waals surface area (Å²) in [5, 5.41) is 6.32. The number of ether oxygens (including phenoxy) is 1. The van der Waals surface area contributed by atoms with Crippen molar-refractivity contribution in [1.82, 2.24) is 19.3 Å². The quantitative estimate of drug-likeness (QED) is 0.311. The van der Waals surface area contributed by atoms with Gasteiger partial charge in [0.1, 0.15) is 11.4 Å². The van der Waals surface area contributed by atoms with Gasteiger partial charge in [0.25, 0.3) is 0 Å². The minimum absolute atomic E-state index is 0.128. The van der Waals surface area contributed by atoms with Gasteiger partial charge in [0.2, 0.25) is 0 Å². The van der Waals surface area contributed by atoms with E-state index in [0.717, 1.165) is 53.3 Å². The Bertz CT molecular complexity index is 1290. The number of halogens is 2. The summed E-state index contributed by atoms with van der Waals surface area (Å²) in [4.78, 5) is 4.74. The third kappa shape index (κ3) is 4.33. The molecule has 0 bridgehead atoms. The minimum Gasteiger partial charge on any atom is -0.375 e. The van der Waals surface area contributed by atoms with Gasteiger partial charge in [0, 0.05) is 35.0 Å². The van der Waals surface area contributed by atoms with Crippen molar-refractivity contribution in [3.05, 3.63) is 76.7 Å². The lowest BCUT2D eigenvalue weighted by Crippen LogP contribution is -2.34. The Balaban J connectivity index is 1.61. The van der Waals surface area contributed by atoms with Gasteiger partial charge in [-0.25, -0.2) is 9.67 Å². The van der Waals surface area contributed by atoms with Crippen molar-refractivity contribution in [2.24, 2.45) is 0 Å².